The van der Waals surface area contributed by atoms with E-state index in [-0.39, 0.29) is 0 Å². The molecule has 9 heteroatoms. The summed E-state index contributed by atoms with van der Waals surface area (Å²) in [5, 5.41) is 14.7. The van der Waals surface area contributed by atoms with Crippen LogP contribution in [0.5, 0.6) is 0 Å². The summed E-state index contributed by atoms with van der Waals surface area (Å²) in [6.07, 6.45) is 9.13. The predicted octanol–water partition coefficient (Wildman–Crippen LogP) is 6.21. The van der Waals surface area contributed by atoms with E-state index in [1.54, 1.807) is 0 Å². The molecule has 2 N–H and O–H groups in total. The van der Waals surface area contributed by atoms with E-state index in [0.717, 1.165) is 36.8 Å². The summed E-state index contributed by atoms with van der Waals surface area (Å²) in [6, 6.07) is 8.69. The van der Waals surface area contributed by atoms with Gasteiger partial charge in [-0.05, 0) is 43.8 Å². The molecule has 1 aromatic carbocycles. The molecule has 1 fully saturated rings. The second-order valence-corrected chi connectivity index (χ2v) is 8.80. The molecule has 0 amide bonds. The Kier molecular flexibility index (Phi) is 12.1. The maximum absolute atomic E-state index is 10.6. The van der Waals surface area contributed by atoms with Gasteiger partial charge in [-0.15, -0.1) is 0 Å². The molecule has 0 unspecified atom stereocenters. The van der Waals surface area contributed by atoms with Crippen molar-refractivity contribution in [1.82, 2.24) is 15.5 Å². The van der Waals surface area contributed by atoms with Crippen LogP contribution in [0.25, 0.3) is 11.4 Å². The Morgan fingerprint density at radius 2 is 1.71 bits per heavy atom. The van der Waals surface area contributed by atoms with Crippen molar-refractivity contribution in [1.29, 1.82) is 0 Å². The van der Waals surface area contributed by atoms with Crippen molar-refractivity contribution in [2.45, 2.75) is 83.7 Å². The lowest BCUT2D eigenvalue weighted by molar-refractivity contribution is -0.192. The van der Waals surface area contributed by atoms with E-state index in [1.165, 1.54) is 69.8 Å². The quantitative estimate of drug-likeness (QED) is 0.349. The van der Waals surface area contributed by atoms with E-state index < -0.39 is 12.1 Å². The van der Waals surface area contributed by atoms with E-state index in [1.807, 2.05) is 0 Å². The Bertz CT molecular complexity index is 832. The molecule has 1 aliphatic rings. The summed E-state index contributed by atoms with van der Waals surface area (Å²) in [5.74, 6) is -0.642. The third-order valence-corrected chi connectivity index (χ3v) is 5.87. The lowest BCUT2D eigenvalue weighted by Gasteiger charge is -2.03. The highest BCUT2D eigenvalue weighted by molar-refractivity contribution is 5.73. The third-order valence-electron chi connectivity index (χ3n) is 5.87. The van der Waals surface area contributed by atoms with E-state index in [2.05, 4.69) is 46.6 Å². The van der Waals surface area contributed by atoms with Crippen molar-refractivity contribution in [2.24, 2.45) is 5.92 Å². The van der Waals surface area contributed by atoms with Gasteiger partial charge in [0.15, 0.2) is 0 Å². The Balaban J connectivity index is 0.000000509. The highest BCUT2D eigenvalue weighted by Crippen LogP contribution is 2.20. The second-order valence-electron chi connectivity index (χ2n) is 8.80. The molecule has 0 aliphatic carbocycles. The first kappa shape index (κ1) is 27.8. The zero-order valence-corrected chi connectivity index (χ0v) is 19.9. The number of benzene rings is 1. The van der Waals surface area contributed by atoms with Crippen LogP contribution >= 0.6 is 0 Å². The van der Waals surface area contributed by atoms with Gasteiger partial charge in [0.2, 0.25) is 11.7 Å². The SMILES string of the molecule is CCCCCCCCCCc1ccc(-c2noc(C[C@H]3CCNC3)n2)cc1.O=C(O)C(F)(F)F. The van der Waals surface area contributed by atoms with Crippen molar-refractivity contribution in [3.05, 3.63) is 35.7 Å². The summed E-state index contributed by atoms with van der Waals surface area (Å²) >= 11 is 0. The number of aromatic nitrogens is 2. The fourth-order valence-corrected chi connectivity index (χ4v) is 3.87. The van der Waals surface area contributed by atoms with Gasteiger partial charge in [-0.25, -0.2) is 4.79 Å². The lowest BCUT2D eigenvalue weighted by atomic mass is 10.0. The minimum absolute atomic E-state index is 0.632. The minimum atomic E-state index is -5.08. The van der Waals surface area contributed by atoms with Crippen molar-refractivity contribution >= 4 is 5.97 Å². The van der Waals surface area contributed by atoms with Gasteiger partial charge in [-0.1, -0.05) is 81.3 Å². The van der Waals surface area contributed by atoms with Crippen LogP contribution in [0, 0.1) is 5.92 Å². The van der Waals surface area contributed by atoms with Crippen molar-refractivity contribution in [2.75, 3.05) is 13.1 Å². The summed E-state index contributed by atoms with van der Waals surface area (Å²) in [5.41, 5.74) is 2.46. The number of alkyl halides is 3. The molecule has 0 radical (unpaired) electrons. The topological polar surface area (TPSA) is 88.3 Å². The van der Waals surface area contributed by atoms with Crippen molar-refractivity contribution in [3.8, 4) is 11.4 Å². The van der Waals surface area contributed by atoms with Crippen LogP contribution in [-0.4, -0.2) is 40.5 Å². The average Bonchev–Trinajstić information content (AvgIpc) is 3.48. The number of hydrogen-bond acceptors (Lipinski definition) is 5. The molecular weight excluding hydrogens is 447 g/mol. The van der Waals surface area contributed by atoms with Crippen LogP contribution in [0.4, 0.5) is 13.2 Å². The zero-order valence-electron chi connectivity index (χ0n) is 19.9. The molecule has 2 aromatic rings. The number of halogens is 3. The van der Waals surface area contributed by atoms with Gasteiger partial charge < -0.3 is 14.9 Å². The van der Waals surface area contributed by atoms with E-state index in [4.69, 9.17) is 14.4 Å². The second kappa shape index (κ2) is 14.8. The van der Waals surface area contributed by atoms with Gasteiger partial charge in [0.1, 0.15) is 0 Å². The highest BCUT2D eigenvalue weighted by atomic mass is 19.4. The summed E-state index contributed by atoms with van der Waals surface area (Å²) < 4.78 is 37.2. The molecule has 190 valence electrons. The van der Waals surface area contributed by atoms with Gasteiger partial charge in [0.25, 0.3) is 0 Å². The summed E-state index contributed by atoms with van der Waals surface area (Å²) in [6.45, 7) is 4.44. The largest absolute Gasteiger partial charge is 0.490 e. The van der Waals surface area contributed by atoms with Crippen LogP contribution in [0.3, 0.4) is 0 Å². The van der Waals surface area contributed by atoms with Crippen LogP contribution < -0.4 is 5.32 Å². The van der Waals surface area contributed by atoms with Gasteiger partial charge in [-0.3, -0.25) is 0 Å². The van der Waals surface area contributed by atoms with Crippen LogP contribution in [0.15, 0.2) is 28.8 Å². The normalized spacial score (nSPS) is 15.7. The van der Waals surface area contributed by atoms with Gasteiger partial charge in [0.05, 0.1) is 0 Å². The molecule has 0 spiro atoms. The first-order chi connectivity index (χ1) is 16.3. The number of aryl methyl sites for hydroxylation is 1. The molecule has 1 aliphatic heterocycles. The molecule has 1 aromatic heterocycles. The van der Waals surface area contributed by atoms with Crippen LogP contribution in [-0.2, 0) is 17.6 Å². The molecule has 3 rings (SSSR count). The monoisotopic (exact) mass is 483 g/mol. The standard InChI is InChI=1S/C23H35N3O.C2HF3O2/c1-2-3-4-5-6-7-8-9-10-19-11-13-21(14-12-19)23-25-22(27-26-23)17-20-15-16-24-18-20;3-2(4,5)1(6)7/h11-14,20,24H,2-10,15-18H2,1H3;(H,6,7)/t20-;/m1./s1. The third kappa shape index (κ3) is 10.7. The van der Waals surface area contributed by atoms with E-state index in [9.17, 15) is 13.2 Å². The van der Waals surface area contributed by atoms with Crippen molar-refractivity contribution in [3.63, 3.8) is 0 Å². The maximum atomic E-state index is 10.6. The number of carbonyl (C=O) groups is 1. The van der Waals surface area contributed by atoms with Gasteiger partial charge in [0, 0.05) is 12.0 Å². The fourth-order valence-electron chi connectivity index (χ4n) is 3.87. The zero-order chi connectivity index (χ0) is 24.8. The van der Waals surface area contributed by atoms with Crippen LogP contribution in [0.2, 0.25) is 0 Å². The lowest BCUT2D eigenvalue weighted by Crippen LogP contribution is -2.21. The molecule has 0 saturated carbocycles. The predicted molar refractivity (Wildman–Crippen MR) is 124 cm³/mol. The molecular formula is C25H36F3N3O3. The number of unbranched alkanes of at least 4 members (excludes halogenated alkanes) is 7. The summed E-state index contributed by atoms with van der Waals surface area (Å²) in [7, 11) is 0. The van der Waals surface area contributed by atoms with E-state index >= 15 is 0 Å². The number of carboxylic acids is 1. The molecule has 6 nitrogen and oxygen atoms in total. The van der Waals surface area contributed by atoms with Crippen molar-refractivity contribution < 1.29 is 27.6 Å². The van der Waals surface area contributed by atoms with E-state index in [0.29, 0.717) is 5.92 Å². The number of carboxylic acid groups (broad SMARTS) is 1. The number of nitrogens with one attached hydrogen (secondary N) is 1. The first-order valence-electron chi connectivity index (χ1n) is 12.2. The molecule has 1 atom stereocenters. The number of hydrogen-bond donors (Lipinski definition) is 2. The Morgan fingerprint density at radius 3 is 2.26 bits per heavy atom. The Morgan fingerprint density at radius 1 is 1.09 bits per heavy atom. The maximum Gasteiger partial charge on any atom is 0.490 e. The van der Waals surface area contributed by atoms with Gasteiger partial charge in [-0.2, -0.15) is 18.2 Å². The number of rotatable bonds is 12. The van der Waals surface area contributed by atoms with Gasteiger partial charge >= 0.3 is 12.1 Å². The fraction of sp³-hybridized carbons (Fsp3) is 0.640. The average molecular weight is 484 g/mol. The molecule has 34 heavy (non-hydrogen) atoms. The number of nitrogens with zero attached hydrogens (tertiary/aromatic N) is 2. The molecule has 0 bridgehead atoms. The Labute approximate surface area is 199 Å². The Hall–Kier alpha value is -2.42. The highest BCUT2D eigenvalue weighted by Gasteiger charge is 2.38. The first-order valence-corrected chi connectivity index (χ1v) is 12.2. The molecule has 2 heterocycles. The smallest absolute Gasteiger partial charge is 0.475 e. The van der Waals surface area contributed by atoms with Crippen LogP contribution in [0.1, 0.15) is 76.2 Å². The number of aliphatic carboxylic acids is 1. The summed E-state index contributed by atoms with van der Waals surface area (Å²) in [4.78, 5) is 13.5. The minimum Gasteiger partial charge on any atom is -0.475 e. The molecule has 1 saturated heterocycles.